The predicted octanol–water partition coefficient (Wildman–Crippen LogP) is 11.3. The molecule has 20 nitrogen and oxygen atoms in total. The molecule has 84 heavy (non-hydrogen) atoms. The maximum Gasteiger partial charge on any atom is 0.312 e. The van der Waals surface area contributed by atoms with Crippen LogP contribution in [0, 0.1) is 17.3 Å². The maximum absolute atomic E-state index is 12.5. The number of carbonyl (C=O) groups is 5. The number of anilines is 6. The number of hydrogen-bond acceptors (Lipinski definition) is 14. The Labute approximate surface area is 501 Å². The van der Waals surface area contributed by atoms with Crippen LogP contribution in [-0.2, 0) is 48.3 Å². The summed E-state index contributed by atoms with van der Waals surface area (Å²) in [6, 6.07) is 33.9. The fourth-order valence-corrected chi connectivity index (χ4v) is 9.49. The summed E-state index contributed by atoms with van der Waals surface area (Å²) >= 11 is 0. The smallest absolute Gasteiger partial charge is 0.312 e. The van der Waals surface area contributed by atoms with E-state index in [2.05, 4.69) is 78.6 Å². The van der Waals surface area contributed by atoms with E-state index < -0.39 is 5.41 Å². The number of likely N-dealkylation sites (tertiary alicyclic amines) is 2. The quantitative estimate of drug-likeness (QED) is 0.0397. The first-order valence-corrected chi connectivity index (χ1v) is 27.0. The Bertz CT molecular complexity index is 3660. The Hall–Kier alpha value is -9.15. The van der Waals surface area contributed by atoms with Gasteiger partial charge in [0.2, 0.25) is 47.3 Å². The van der Waals surface area contributed by atoms with Crippen molar-refractivity contribution >= 4 is 113 Å². The minimum absolute atomic E-state index is 0. The summed E-state index contributed by atoms with van der Waals surface area (Å²) in [6.45, 7) is 18.8. The number of carbonyl (C=O) groups excluding carboxylic acids is 5. The van der Waals surface area contributed by atoms with Gasteiger partial charge in [-0.05, 0) is 142 Å². The van der Waals surface area contributed by atoms with E-state index >= 15 is 0 Å². The Morgan fingerprint density at radius 2 is 1.12 bits per heavy atom. The number of benzene rings is 4. The van der Waals surface area contributed by atoms with Crippen LogP contribution < -0.4 is 30.7 Å². The zero-order valence-electron chi connectivity index (χ0n) is 47.5. The van der Waals surface area contributed by atoms with Crippen LogP contribution in [0.5, 0.6) is 23.3 Å². The lowest BCUT2D eigenvalue weighted by atomic mass is 9.98. The number of rotatable bonds is 18. The van der Waals surface area contributed by atoms with E-state index in [1.165, 1.54) is 23.3 Å². The van der Waals surface area contributed by atoms with E-state index in [1.54, 1.807) is 106 Å². The molecule has 4 amide bonds. The number of nitrogens with zero attached hydrogens (tertiary/aromatic N) is 7. The van der Waals surface area contributed by atoms with Gasteiger partial charge in [0, 0.05) is 87.3 Å². The van der Waals surface area contributed by atoms with Gasteiger partial charge in [0.05, 0.1) is 16.2 Å². The van der Waals surface area contributed by atoms with Gasteiger partial charge in [0.15, 0.2) is 12.4 Å². The lowest BCUT2D eigenvalue weighted by Crippen LogP contribution is -2.26. The number of amides is 4. The van der Waals surface area contributed by atoms with Crippen LogP contribution in [0.4, 0.5) is 34.6 Å². The first-order valence-electron chi connectivity index (χ1n) is 27.0. The number of esters is 1. The third kappa shape index (κ3) is 16.5. The third-order valence-electron chi connectivity index (χ3n) is 13.8. The molecule has 438 valence electrons. The van der Waals surface area contributed by atoms with Gasteiger partial charge in [0.1, 0.15) is 17.1 Å². The molecule has 2 fully saturated rings. The summed E-state index contributed by atoms with van der Waals surface area (Å²) in [6.07, 6.45) is 9.83. The van der Waals surface area contributed by atoms with Gasteiger partial charge in [-0.15, -0.1) is 0 Å². The molecule has 0 radical (unpaired) electrons. The molecule has 0 unspecified atom stereocenters. The van der Waals surface area contributed by atoms with Crippen molar-refractivity contribution in [1.29, 1.82) is 0 Å². The molecule has 22 heteroatoms. The zero-order chi connectivity index (χ0) is 57.9. The number of aromatic amines is 1. The van der Waals surface area contributed by atoms with Crippen LogP contribution in [0.3, 0.4) is 0 Å². The molecule has 0 aliphatic carbocycles. The Balaban J connectivity index is 0.000000239. The Morgan fingerprint density at radius 1 is 0.631 bits per heavy atom. The van der Waals surface area contributed by atoms with Crippen LogP contribution in [0.25, 0.3) is 22.1 Å². The van der Waals surface area contributed by atoms with Gasteiger partial charge >= 0.3 is 5.97 Å². The van der Waals surface area contributed by atoms with Crippen LogP contribution in [0.15, 0.2) is 147 Å². The van der Waals surface area contributed by atoms with Crippen molar-refractivity contribution in [3.8, 4) is 23.3 Å². The van der Waals surface area contributed by atoms with E-state index in [0.717, 1.165) is 68.6 Å². The molecule has 0 saturated carbocycles. The molecule has 2 atom stereocenters. The lowest BCUT2D eigenvalue weighted by molar-refractivity contribution is -0.156. The van der Waals surface area contributed by atoms with Gasteiger partial charge in [-0.2, -0.15) is 46.9 Å². The number of H-pyrrole nitrogens is 1. The summed E-state index contributed by atoms with van der Waals surface area (Å²) in [5.41, 5.74) is 5.68. The standard InChI is InChI=1S/C34H38N6O5.C28H28N6O3.2H2S/c1-6-29(42)35-26-8-7-9-27(19-26)45-31-28-15-17-40(21-44-32(43)34(3,4)5)30(28)37-33(38-31)36-25-12-10-23(11-13-25)18-24-14-16-39(20-24)22(2)41;1-3-25(36)30-22-5-4-6-23(16-22)37-27-24-11-13-29-26(24)32-28(33-27)31-21-9-7-19(8-10-21)15-20-12-14-34(17-20)18(2)35;;/h6-13,15,17,19,24H,1,14,16,18,20-21H2,2-5H3,(H,35,42)(H,36,37,38);3-11,13,16,20H,1,12,14-15,17H2,2H3,(H,30,36)(H2,29,31,32,33);2*1H2/t24-;20-;;/m11../s1. The molecule has 0 bridgehead atoms. The highest BCUT2D eigenvalue weighted by Crippen LogP contribution is 2.34. The van der Waals surface area contributed by atoms with Gasteiger partial charge in [-0.25, -0.2) is 0 Å². The van der Waals surface area contributed by atoms with Crippen LogP contribution in [0.2, 0.25) is 0 Å². The van der Waals surface area contributed by atoms with Gasteiger partial charge in [0.25, 0.3) is 0 Å². The Kier molecular flexibility index (Phi) is 21.0. The topological polar surface area (TPSA) is 240 Å². The van der Waals surface area contributed by atoms with Gasteiger partial charge in [-0.3, -0.25) is 28.5 Å². The van der Waals surface area contributed by atoms with Crippen molar-refractivity contribution < 1.29 is 38.2 Å². The molecule has 5 N–H and O–H groups in total. The molecule has 4 aromatic carbocycles. The molecule has 0 spiro atoms. The lowest BCUT2D eigenvalue weighted by Gasteiger charge is -2.17. The van der Waals surface area contributed by atoms with Crippen molar-refractivity contribution in [1.82, 2.24) is 39.3 Å². The number of nitrogens with one attached hydrogen (secondary N) is 5. The highest BCUT2D eigenvalue weighted by Gasteiger charge is 2.27. The van der Waals surface area contributed by atoms with E-state index in [0.29, 0.717) is 63.2 Å². The molecular weight excluding hydrogens is 1100 g/mol. The Morgan fingerprint density at radius 3 is 1.58 bits per heavy atom. The highest BCUT2D eigenvalue weighted by atomic mass is 32.1. The summed E-state index contributed by atoms with van der Waals surface area (Å²) < 4.78 is 19.6. The SMILES string of the molecule is C=CC(=O)Nc1cccc(Oc2nc(Nc3ccc(C[C@H]4CCN(C(C)=O)C4)cc3)nc3[nH]ccc23)c1.C=CC(=O)Nc1cccc(Oc2nc(Nc3ccc(C[C@H]4CCN(C(C)=O)C4)cc3)nc3c2ccn3COC(=O)C(C)(C)C)c1.S.S. The number of hydrogen-bond donors (Lipinski definition) is 5. The van der Waals surface area contributed by atoms with Crippen molar-refractivity contribution in [2.75, 3.05) is 47.4 Å². The molecule has 8 aromatic rings. The maximum atomic E-state index is 12.5. The molecular formula is C62H70N12O8S2. The van der Waals surface area contributed by atoms with Crippen LogP contribution in [0.1, 0.15) is 58.6 Å². The summed E-state index contributed by atoms with van der Waals surface area (Å²) in [4.78, 5) is 84.7. The number of fused-ring (bicyclic) bond motifs is 2. The second-order valence-electron chi connectivity index (χ2n) is 21.2. The summed E-state index contributed by atoms with van der Waals surface area (Å²) in [7, 11) is 0. The largest absolute Gasteiger partial charge is 0.443 e. The first-order chi connectivity index (χ1) is 39.4. The van der Waals surface area contributed by atoms with Crippen molar-refractivity contribution in [2.45, 2.75) is 67.0 Å². The first kappa shape index (κ1) is 62.5. The minimum Gasteiger partial charge on any atom is -0.443 e. The van der Waals surface area contributed by atoms with Gasteiger partial charge < -0.3 is 50.3 Å². The molecule has 10 rings (SSSR count). The average Bonchev–Trinajstić information content (AvgIpc) is 4.49. The monoisotopic (exact) mass is 1170 g/mol. The van der Waals surface area contributed by atoms with E-state index in [1.807, 2.05) is 40.1 Å². The van der Waals surface area contributed by atoms with Crippen LogP contribution in [-0.4, -0.2) is 95.1 Å². The fourth-order valence-electron chi connectivity index (χ4n) is 9.49. The summed E-state index contributed by atoms with van der Waals surface area (Å²) in [5.74, 6) is 2.56. The molecule has 2 aliphatic heterocycles. The third-order valence-corrected chi connectivity index (χ3v) is 13.8. The van der Waals surface area contributed by atoms with E-state index in [9.17, 15) is 24.0 Å². The predicted molar refractivity (Wildman–Crippen MR) is 336 cm³/mol. The average molecular weight is 1180 g/mol. The van der Waals surface area contributed by atoms with E-state index in [4.69, 9.17) is 19.2 Å². The molecule has 2 aliphatic rings. The van der Waals surface area contributed by atoms with Crippen molar-refractivity contribution in [3.63, 3.8) is 0 Å². The molecule has 2 saturated heterocycles. The van der Waals surface area contributed by atoms with Crippen molar-refractivity contribution in [2.24, 2.45) is 17.3 Å². The summed E-state index contributed by atoms with van der Waals surface area (Å²) in [5, 5.41) is 13.3. The van der Waals surface area contributed by atoms with Crippen molar-refractivity contribution in [3.05, 3.63) is 158 Å². The van der Waals surface area contributed by atoms with E-state index in [-0.39, 0.29) is 75.1 Å². The number of aromatic nitrogens is 6. The second-order valence-corrected chi connectivity index (χ2v) is 21.2. The minimum atomic E-state index is -0.651. The van der Waals surface area contributed by atoms with Crippen LogP contribution >= 0.6 is 27.0 Å². The highest BCUT2D eigenvalue weighted by molar-refractivity contribution is 7.59. The number of ether oxygens (including phenoxy) is 3. The fraction of sp³-hybridized carbons (Fsp3) is 0.274. The zero-order valence-corrected chi connectivity index (χ0v) is 49.5. The molecule has 4 aromatic heterocycles. The second kappa shape index (κ2) is 28.2. The normalized spacial score (nSPS) is 14.4. The van der Waals surface area contributed by atoms with Gasteiger partial charge in [-0.1, -0.05) is 49.6 Å². The molecule has 6 heterocycles.